The molecule has 0 atom stereocenters. The summed E-state index contributed by atoms with van der Waals surface area (Å²) >= 11 is 0. The molecule has 0 radical (unpaired) electrons. The van der Waals surface area contributed by atoms with Crippen molar-refractivity contribution in [2.45, 2.75) is 6.42 Å². The zero-order valence-electron chi connectivity index (χ0n) is 30.1. The second-order valence-electron chi connectivity index (χ2n) is 14.9. The van der Waals surface area contributed by atoms with Crippen molar-refractivity contribution in [3.8, 4) is 44.8 Å². The van der Waals surface area contributed by atoms with Crippen LogP contribution in [-0.4, -0.2) is 9.13 Å². The SMILES string of the molecule is c1ccc(-n2c3ccccc3c3ccc(-c4ccc5c(c4)c4ccccc4n5-c4ccc5cc(-c6cccc7c6-c6ccccc6C7)ccc5c4)cc32)cc1. The Kier molecular flexibility index (Phi) is 6.43. The van der Waals surface area contributed by atoms with Gasteiger partial charge in [-0.1, -0.05) is 133 Å². The first-order chi connectivity index (χ1) is 27.3. The highest BCUT2D eigenvalue weighted by Crippen LogP contribution is 2.44. The molecule has 55 heavy (non-hydrogen) atoms. The maximum Gasteiger partial charge on any atom is 0.0547 e. The van der Waals surface area contributed by atoms with E-state index in [1.165, 1.54) is 110 Å². The van der Waals surface area contributed by atoms with Gasteiger partial charge in [0.1, 0.15) is 0 Å². The van der Waals surface area contributed by atoms with E-state index in [0.29, 0.717) is 0 Å². The van der Waals surface area contributed by atoms with Crippen LogP contribution >= 0.6 is 0 Å². The quantitative estimate of drug-likeness (QED) is 0.173. The Bertz CT molecular complexity index is 3340. The molecule has 0 fully saturated rings. The molecule has 9 aromatic carbocycles. The highest BCUT2D eigenvalue weighted by atomic mass is 15.0. The third-order valence-corrected chi connectivity index (χ3v) is 11.9. The van der Waals surface area contributed by atoms with Crippen molar-refractivity contribution >= 4 is 54.4 Å². The average Bonchev–Trinajstić information content (AvgIpc) is 3.91. The second-order valence-corrected chi connectivity index (χ2v) is 14.9. The summed E-state index contributed by atoms with van der Waals surface area (Å²) in [5, 5.41) is 7.53. The number of hydrogen-bond donors (Lipinski definition) is 0. The lowest BCUT2D eigenvalue weighted by Crippen LogP contribution is -1.94. The van der Waals surface area contributed by atoms with Crippen molar-refractivity contribution in [1.29, 1.82) is 0 Å². The van der Waals surface area contributed by atoms with Crippen LogP contribution < -0.4 is 0 Å². The Balaban J connectivity index is 0.976. The molecule has 0 aliphatic heterocycles. The molecule has 12 rings (SSSR count). The molecule has 0 unspecified atom stereocenters. The van der Waals surface area contributed by atoms with Crippen molar-refractivity contribution in [2.75, 3.05) is 0 Å². The Morgan fingerprint density at radius 2 is 0.909 bits per heavy atom. The summed E-state index contributed by atoms with van der Waals surface area (Å²) in [5.41, 5.74) is 17.8. The summed E-state index contributed by atoms with van der Waals surface area (Å²) in [4.78, 5) is 0. The minimum atomic E-state index is 1.01. The molecule has 256 valence electrons. The Morgan fingerprint density at radius 1 is 0.309 bits per heavy atom. The fourth-order valence-electron chi connectivity index (χ4n) is 9.41. The first kappa shape index (κ1) is 30.3. The number of para-hydroxylation sites is 3. The first-order valence-corrected chi connectivity index (χ1v) is 19.1. The van der Waals surface area contributed by atoms with Crippen molar-refractivity contribution in [2.24, 2.45) is 0 Å². The fourth-order valence-corrected chi connectivity index (χ4v) is 9.41. The maximum absolute atomic E-state index is 2.43. The van der Waals surface area contributed by atoms with Gasteiger partial charge < -0.3 is 9.13 Å². The molecule has 0 N–H and O–H groups in total. The number of hydrogen-bond acceptors (Lipinski definition) is 0. The molecule has 0 bridgehead atoms. The van der Waals surface area contributed by atoms with Crippen molar-refractivity contribution in [3.05, 3.63) is 205 Å². The Hall–Kier alpha value is -7.16. The van der Waals surface area contributed by atoms with Crippen LogP contribution in [0.5, 0.6) is 0 Å². The van der Waals surface area contributed by atoms with Crippen LogP contribution in [0.3, 0.4) is 0 Å². The predicted molar refractivity (Wildman–Crippen MR) is 232 cm³/mol. The molecule has 1 aliphatic rings. The molecule has 0 amide bonds. The summed E-state index contributed by atoms with van der Waals surface area (Å²) in [6.45, 7) is 0. The van der Waals surface area contributed by atoms with Gasteiger partial charge in [-0.25, -0.2) is 0 Å². The molecule has 1 aliphatic carbocycles. The number of benzene rings is 9. The van der Waals surface area contributed by atoms with Crippen LogP contribution in [0, 0.1) is 0 Å². The Labute approximate surface area is 318 Å². The van der Waals surface area contributed by atoms with E-state index in [-0.39, 0.29) is 0 Å². The van der Waals surface area contributed by atoms with E-state index < -0.39 is 0 Å². The van der Waals surface area contributed by atoms with Crippen LogP contribution in [0.2, 0.25) is 0 Å². The number of aromatic nitrogens is 2. The number of nitrogens with zero attached hydrogens (tertiary/aromatic N) is 2. The molecule has 2 heteroatoms. The minimum Gasteiger partial charge on any atom is -0.309 e. The van der Waals surface area contributed by atoms with E-state index in [1.54, 1.807) is 0 Å². The van der Waals surface area contributed by atoms with Gasteiger partial charge in [0, 0.05) is 32.9 Å². The van der Waals surface area contributed by atoms with Gasteiger partial charge in [-0.15, -0.1) is 0 Å². The lowest BCUT2D eigenvalue weighted by molar-refractivity contribution is 1.18. The molecular weight excluding hydrogens is 665 g/mol. The summed E-state index contributed by atoms with van der Waals surface area (Å²) in [5.74, 6) is 0. The molecule has 0 saturated carbocycles. The van der Waals surface area contributed by atoms with Crippen LogP contribution in [-0.2, 0) is 6.42 Å². The summed E-state index contributed by atoms with van der Waals surface area (Å²) < 4.78 is 4.83. The molecule has 2 aromatic heterocycles. The largest absolute Gasteiger partial charge is 0.309 e. The van der Waals surface area contributed by atoms with E-state index in [0.717, 1.165) is 6.42 Å². The molecular formula is C53H34N2. The van der Waals surface area contributed by atoms with Crippen molar-refractivity contribution in [1.82, 2.24) is 9.13 Å². The lowest BCUT2D eigenvalue weighted by atomic mass is 9.93. The molecule has 0 saturated heterocycles. The molecule has 2 nitrogen and oxygen atoms in total. The van der Waals surface area contributed by atoms with Crippen molar-refractivity contribution in [3.63, 3.8) is 0 Å². The van der Waals surface area contributed by atoms with E-state index in [9.17, 15) is 0 Å². The minimum absolute atomic E-state index is 1.01. The standard InChI is InChI=1S/C53H34N2/c1-2-13-41(14-3-1)54-49-19-8-6-16-45(49)47-27-24-37(33-52(47)54)36-25-28-51-48(32-36)46-17-7-9-20-50(46)55(51)42-26-23-34-29-39(22-21-35(34)31-42)44-18-10-12-40-30-38-11-4-5-15-43(38)53(40)44/h1-29,31-33H,30H2. The van der Waals surface area contributed by atoms with Gasteiger partial charge in [-0.3, -0.25) is 0 Å². The predicted octanol–water partition coefficient (Wildman–Crippen LogP) is 13.9. The van der Waals surface area contributed by atoms with Gasteiger partial charge in [0.15, 0.2) is 0 Å². The number of fused-ring (bicyclic) bond motifs is 10. The van der Waals surface area contributed by atoms with Gasteiger partial charge in [0.25, 0.3) is 0 Å². The maximum atomic E-state index is 2.43. The van der Waals surface area contributed by atoms with Gasteiger partial charge in [-0.05, 0) is 122 Å². The van der Waals surface area contributed by atoms with E-state index in [2.05, 4.69) is 203 Å². The highest BCUT2D eigenvalue weighted by Gasteiger charge is 2.22. The summed E-state index contributed by atoms with van der Waals surface area (Å²) in [7, 11) is 0. The van der Waals surface area contributed by atoms with Gasteiger partial charge in [0.2, 0.25) is 0 Å². The van der Waals surface area contributed by atoms with Crippen LogP contribution in [0.1, 0.15) is 11.1 Å². The van der Waals surface area contributed by atoms with Gasteiger partial charge in [-0.2, -0.15) is 0 Å². The first-order valence-electron chi connectivity index (χ1n) is 19.1. The lowest BCUT2D eigenvalue weighted by Gasteiger charge is -2.13. The van der Waals surface area contributed by atoms with Crippen molar-refractivity contribution < 1.29 is 0 Å². The number of rotatable bonds is 4. The zero-order valence-corrected chi connectivity index (χ0v) is 30.1. The average molecular weight is 699 g/mol. The van der Waals surface area contributed by atoms with Crippen LogP contribution in [0.4, 0.5) is 0 Å². The third-order valence-electron chi connectivity index (χ3n) is 11.9. The highest BCUT2D eigenvalue weighted by molar-refractivity contribution is 6.12. The van der Waals surface area contributed by atoms with Gasteiger partial charge >= 0.3 is 0 Å². The molecule has 11 aromatic rings. The normalized spacial score (nSPS) is 12.3. The van der Waals surface area contributed by atoms with Crippen LogP contribution in [0.25, 0.3) is 99.1 Å². The Morgan fingerprint density at radius 3 is 1.78 bits per heavy atom. The van der Waals surface area contributed by atoms with E-state index >= 15 is 0 Å². The summed E-state index contributed by atoms with van der Waals surface area (Å²) in [6.07, 6.45) is 1.01. The molecule has 0 spiro atoms. The monoisotopic (exact) mass is 698 g/mol. The van der Waals surface area contributed by atoms with E-state index in [4.69, 9.17) is 0 Å². The van der Waals surface area contributed by atoms with Gasteiger partial charge in [0.05, 0.1) is 22.1 Å². The summed E-state index contributed by atoms with van der Waals surface area (Å²) in [6, 6.07) is 71.7. The fraction of sp³-hybridized carbons (Fsp3) is 0.0189. The van der Waals surface area contributed by atoms with E-state index in [1.807, 2.05) is 0 Å². The third kappa shape index (κ3) is 4.55. The van der Waals surface area contributed by atoms with Crippen LogP contribution in [0.15, 0.2) is 194 Å². The topological polar surface area (TPSA) is 9.86 Å². The second kappa shape index (κ2) is 11.7. The zero-order chi connectivity index (χ0) is 36.0. The smallest absolute Gasteiger partial charge is 0.0547 e. The molecule has 2 heterocycles.